The van der Waals surface area contributed by atoms with Gasteiger partial charge >= 0.3 is 0 Å². The van der Waals surface area contributed by atoms with Crippen molar-refractivity contribution in [3.8, 4) is 5.75 Å². The quantitative estimate of drug-likeness (QED) is 0.255. The van der Waals surface area contributed by atoms with E-state index in [9.17, 15) is 4.79 Å². The van der Waals surface area contributed by atoms with E-state index < -0.39 is 6.04 Å². The Bertz CT molecular complexity index is 1480. The van der Waals surface area contributed by atoms with Gasteiger partial charge in [-0.15, -0.1) is 5.10 Å². The molecule has 0 saturated carbocycles. The van der Waals surface area contributed by atoms with Gasteiger partial charge in [-0.2, -0.15) is 4.98 Å². The number of anilines is 2. The number of fused-ring (bicyclic) bond motifs is 1. The van der Waals surface area contributed by atoms with Crippen molar-refractivity contribution in [2.24, 2.45) is 0 Å². The predicted molar refractivity (Wildman–Crippen MR) is 153 cm³/mol. The minimum absolute atomic E-state index is 0.189. The van der Waals surface area contributed by atoms with Crippen LogP contribution >= 0.6 is 11.8 Å². The van der Waals surface area contributed by atoms with Crippen molar-refractivity contribution in [1.82, 2.24) is 14.8 Å². The van der Waals surface area contributed by atoms with Crippen LogP contribution < -0.4 is 15.4 Å². The number of nitrogens with zero attached hydrogens (tertiary/aromatic N) is 3. The van der Waals surface area contributed by atoms with Crippen LogP contribution in [-0.4, -0.2) is 27.3 Å². The highest BCUT2D eigenvalue weighted by Gasteiger charge is 2.34. The Balaban J connectivity index is 1.49. The first kappa shape index (κ1) is 25.6. The normalized spacial score (nSPS) is 14.6. The van der Waals surface area contributed by atoms with Crippen LogP contribution in [0.5, 0.6) is 5.75 Å². The first-order chi connectivity index (χ1) is 18.4. The fourth-order valence-corrected chi connectivity index (χ4v) is 5.42. The van der Waals surface area contributed by atoms with Gasteiger partial charge in [-0.3, -0.25) is 4.79 Å². The number of nitrogens with one attached hydrogen (secondary N) is 2. The number of carbonyl (C=O) groups excluding carboxylic acids is 1. The van der Waals surface area contributed by atoms with Crippen molar-refractivity contribution in [3.63, 3.8) is 0 Å². The van der Waals surface area contributed by atoms with E-state index in [2.05, 4.69) is 42.7 Å². The molecule has 0 fully saturated rings. The van der Waals surface area contributed by atoms with Crippen molar-refractivity contribution in [3.05, 3.63) is 106 Å². The number of benzene rings is 3. The molecular weight excluding hydrogens is 494 g/mol. The molecule has 5 rings (SSSR count). The van der Waals surface area contributed by atoms with Gasteiger partial charge in [0.05, 0.1) is 12.2 Å². The largest absolute Gasteiger partial charge is 0.494 e. The van der Waals surface area contributed by atoms with Crippen LogP contribution in [-0.2, 0) is 10.5 Å². The number of thioether (sulfide) groups is 1. The van der Waals surface area contributed by atoms with Crippen molar-refractivity contribution < 1.29 is 9.53 Å². The fourth-order valence-electron chi connectivity index (χ4n) is 4.53. The fraction of sp³-hybridized carbons (Fsp3) is 0.233. The van der Waals surface area contributed by atoms with Gasteiger partial charge in [-0.1, -0.05) is 65.9 Å². The van der Waals surface area contributed by atoms with E-state index >= 15 is 0 Å². The van der Waals surface area contributed by atoms with Gasteiger partial charge in [0, 0.05) is 17.1 Å². The lowest BCUT2D eigenvalue weighted by Crippen LogP contribution is -2.31. The third-order valence-electron chi connectivity index (χ3n) is 6.48. The summed E-state index contributed by atoms with van der Waals surface area (Å²) < 4.78 is 7.46. The summed E-state index contributed by atoms with van der Waals surface area (Å²) in [4.78, 5) is 18.4. The summed E-state index contributed by atoms with van der Waals surface area (Å²) in [5, 5.41) is 11.9. The smallest absolute Gasteiger partial charge is 0.255 e. The Morgan fingerprint density at radius 1 is 1.05 bits per heavy atom. The van der Waals surface area contributed by atoms with Crippen LogP contribution in [0.4, 0.5) is 11.6 Å². The van der Waals surface area contributed by atoms with Gasteiger partial charge in [0.15, 0.2) is 0 Å². The summed E-state index contributed by atoms with van der Waals surface area (Å²) in [6, 6.07) is 23.3. The number of aryl methyl sites for hydroxylation is 2. The molecule has 7 nitrogen and oxygen atoms in total. The van der Waals surface area contributed by atoms with Crippen molar-refractivity contribution in [2.75, 3.05) is 17.2 Å². The van der Waals surface area contributed by atoms with Crippen molar-refractivity contribution >= 4 is 29.3 Å². The molecule has 0 aliphatic carbocycles. The summed E-state index contributed by atoms with van der Waals surface area (Å²) in [6.07, 6.45) is 0. The van der Waals surface area contributed by atoms with E-state index in [1.54, 1.807) is 11.8 Å². The van der Waals surface area contributed by atoms with Gasteiger partial charge in [0.1, 0.15) is 11.8 Å². The zero-order valence-electron chi connectivity index (χ0n) is 22.0. The van der Waals surface area contributed by atoms with Crippen LogP contribution in [0.25, 0.3) is 0 Å². The second-order valence-electron chi connectivity index (χ2n) is 9.27. The highest BCUT2D eigenvalue weighted by Crippen LogP contribution is 2.37. The Kier molecular flexibility index (Phi) is 7.51. The van der Waals surface area contributed by atoms with Gasteiger partial charge in [0.25, 0.3) is 5.91 Å². The summed E-state index contributed by atoms with van der Waals surface area (Å²) >= 11 is 1.59. The number of allylic oxidation sites excluding steroid dienone is 1. The maximum atomic E-state index is 13.6. The van der Waals surface area contributed by atoms with Gasteiger partial charge in [-0.25, -0.2) is 4.68 Å². The second-order valence-corrected chi connectivity index (χ2v) is 10.2. The van der Waals surface area contributed by atoms with Crippen molar-refractivity contribution in [2.45, 2.75) is 44.6 Å². The molecule has 38 heavy (non-hydrogen) atoms. The molecule has 2 heterocycles. The van der Waals surface area contributed by atoms with Crippen LogP contribution in [0.15, 0.2) is 89.2 Å². The Morgan fingerprint density at radius 2 is 1.82 bits per heavy atom. The van der Waals surface area contributed by atoms with Gasteiger partial charge in [0.2, 0.25) is 11.1 Å². The maximum absolute atomic E-state index is 13.6. The maximum Gasteiger partial charge on any atom is 0.255 e. The van der Waals surface area contributed by atoms with Crippen LogP contribution in [0.1, 0.15) is 42.1 Å². The molecule has 1 amide bonds. The Labute approximate surface area is 227 Å². The van der Waals surface area contributed by atoms with Gasteiger partial charge in [-0.05, 0) is 68.7 Å². The molecule has 3 aromatic carbocycles. The summed E-state index contributed by atoms with van der Waals surface area (Å²) in [7, 11) is 0. The summed E-state index contributed by atoms with van der Waals surface area (Å²) in [5.74, 6) is 1.97. The number of amides is 1. The van der Waals surface area contributed by atoms with Crippen LogP contribution in [0.3, 0.4) is 0 Å². The Morgan fingerprint density at radius 3 is 2.55 bits per heavy atom. The van der Waals surface area contributed by atoms with E-state index in [1.807, 2.05) is 73.1 Å². The van der Waals surface area contributed by atoms with E-state index in [4.69, 9.17) is 14.8 Å². The number of carbonyl (C=O) groups is 1. The Hall–Kier alpha value is -4.04. The lowest BCUT2D eigenvalue weighted by Gasteiger charge is -2.28. The SMILES string of the molecule is CCOc1ccc([C@H]2C(C(=O)Nc3ccccc3)=C(C)Nc3nc(SCc4cc(C)ccc4C)nn32)cc1. The molecule has 4 aromatic rings. The lowest BCUT2D eigenvalue weighted by atomic mass is 9.95. The van der Waals surface area contributed by atoms with Crippen LogP contribution in [0, 0.1) is 13.8 Å². The molecule has 0 unspecified atom stereocenters. The number of hydrogen-bond donors (Lipinski definition) is 2. The molecule has 2 N–H and O–H groups in total. The third-order valence-corrected chi connectivity index (χ3v) is 7.36. The average molecular weight is 526 g/mol. The summed E-state index contributed by atoms with van der Waals surface area (Å²) in [5.41, 5.74) is 6.72. The predicted octanol–water partition coefficient (Wildman–Crippen LogP) is 6.51. The van der Waals surface area contributed by atoms with Crippen molar-refractivity contribution in [1.29, 1.82) is 0 Å². The number of hydrogen-bond acceptors (Lipinski definition) is 6. The van der Waals surface area contributed by atoms with E-state index in [0.29, 0.717) is 23.3 Å². The molecule has 1 atom stereocenters. The van der Waals surface area contributed by atoms with Gasteiger partial charge < -0.3 is 15.4 Å². The molecule has 1 aliphatic rings. The molecular formula is C30H31N5O2S. The first-order valence-corrected chi connectivity index (χ1v) is 13.6. The van der Waals surface area contributed by atoms with E-state index in [0.717, 1.165) is 28.5 Å². The summed E-state index contributed by atoms with van der Waals surface area (Å²) in [6.45, 7) is 8.67. The number of para-hydroxylation sites is 1. The highest BCUT2D eigenvalue weighted by atomic mass is 32.2. The topological polar surface area (TPSA) is 81.1 Å². The third kappa shape index (κ3) is 5.45. The average Bonchev–Trinajstić information content (AvgIpc) is 3.32. The van der Waals surface area contributed by atoms with Crippen LogP contribution in [0.2, 0.25) is 0 Å². The number of rotatable bonds is 8. The molecule has 194 valence electrons. The minimum atomic E-state index is -0.451. The van der Waals surface area contributed by atoms with E-state index in [-0.39, 0.29) is 5.91 Å². The molecule has 0 bridgehead atoms. The molecule has 0 spiro atoms. The zero-order chi connectivity index (χ0) is 26.6. The molecule has 0 saturated heterocycles. The lowest BCUT2D eigenvalue weighted by molar-refractivity contribution is -0.113. The second kappa shape index (κ2) is 11.1. The molecule has 1 aromatic heterocycles. The molecule has 0 radical (unpaired) electrons. The number of aromatic nitrogens is 3. The standard InChI is InChI=1S/C30H31N5O2S/c1-5-37-25-15-13-22(14-16-25)27-26(28(36)32-24-9-7-6-8-10-24)21(4)31-29-33-30(34-35(27)29)38-18-23-17-19(2)11-12-20(23)3/h6-17,27H,5,18H2,1-4H3,(H,32,36)(H,31,33,34)/t27-/m0/s1. The molecule has 1 aliphatic heterocycles. The van der Waals surface area contributed by atoms with E-state index in [1.165, 1.54) is 16.7 Å². The first-order valence-electron chi connectivity index (χ1n) is 12.7. The zero-order valence-corrected chi connectivity index (χ0v) is 22.8. The monoisotopic (exact) mass is 525 g/mol. The highest BCUT2D eigenvalue weighted by molar-refractivity contribution is 7.98. The molecule has 8 heteroatoms. The number of ether oxygens (including phenoxy) is 1. The minimum Gasteiger partial charge on any atom is -0.494 e.